The Balaban J connectivity index is 1.81. The number of rotatable bonds is 3. The van der Waals surface area contributed by atoms with Crippen molar-refractivity contribution in [1.29, 1.82) is 0 Å². The third kappa shape index (κ3) is 2.77. The van der Waals surface area contributed by atoms with Gasteiger partial charge in [-0.25, -0.2) is 9.67 Å². The van der Waals surface area contributed by atoms with Gasteiger partial charge in [-0.1, -0.05) is 5.21 Å². The Morgan fingerprint density at radius 3 is 2.78 bits per heavy atom. The van der Waals surface area contributed by atoms with E-state index in [2.05, 4.69) is 20.3 Å². The molecule has 0 aliphatic carbocycles. The monoisotopic (exact) mass is 360 g/mol. The van der Waals surface area contributed by atoms with Gasteiger partial charge >= 0.3 is 0 Å². The standard InChI is InChI=1S/C19H16N6O2/c1-10-11(2)16(6-5-13(10)17(20)26)25-9-15(23-24-25)14-8-12-4-3-7-21-18(12)22-19(14)27/h3-9H,1-2H3,(H2,20,26)(H,21,22,27). The minimum Gasteiger partial charge on any atom is -0.366 e. The molecule has 0 saturated carbocycles. The molecule has 0 radical (unpaired) electrons. The lowest BCUT2D eigenvalue weighted by atomic mass is 10.0. The Labute approximate surface area is 153 Å². The summed E-state index contributed by atoms with van der Waals surface area (Å²) >= 11 is 0. The molecule has 3 aromatic heterocycles. The summed E-state index contributed by atoms with van der Waals surface area (Å²) in [5, 5.41) is 9.09. The van der Waals surface area contributed by atoms with Crippen LogP contribution in [0.1, 0.15) is 21.5 Å². The molecule has 8 heteroatoms. The van der Waals surface area contributed by atoms with E-state index in [1.807, 2.05) is 19.9 Å². The van der Waals surface area contributed by atoms with Gasteiger partial charge in [0, 0.05) is 17.1 Å². The van der Waals surface area contributed by atoms with Gasteiger partial charge in [0.1, 0.15) is 11.3 Å². The smallest absolute Gasteiger partial charge is 0.259 e. The van der Waals surface area contributed by atoms with Crippen LogP contribution in [0.4, 0.5) is 0 Å². The van der Waals surface area contributed by atoms with Crippen molar-refractivity contribution in [2.75, 3.05) is 0 Å². The van der Waals surface area contributed by atoms with Crippen LogP contribution in [-0.4, -0.2) is 30.9 Å². The quantitative estimate of drug-likeness (QED) is 0.578. The molecule has 1 amide bonds. The number of hydrogen-bond donors (Lipinski definition) is 2. The van der Waals surface area contributed by atoms with E-state index in [0.717, 1.165) is 22.2 Å². The summed E-state index contributed by atoms with van der Waals surface area (Å²) in [6.45, 7) is 3.71. The van der Waals surface area contributed by atoms with Crippen LogP contribution in [0.2, 0.25) is 0 Å². The molecule has 8 nitrogen and oxygen atoms in total. The third-order valence-electron chi connectivity index (χ3n) is 4.66. The van der Waals surface area contributed by atoms with E-state index in [-0.39, 0.29) is 5.56 Å². The fourth-order valence-corrected chi connectivity index (χ4v) is 3.05. The highest BCUT2D eigenvalue weighted by molar-refractivity contribution is 5.95. The van der Waals surface area contributed by atoms with Crippen molar-refractivity contribution < 1.29 is 4.79 Å². The van der Waals surface area contributed by atoms with E-state index in [0.29, 0.717) is 22.5 Å². The molecule has 27 heavy (non-hydrogen) atoms. The van der Waals surface area contributed by atoms with Crippen LogP contribution in [0.25, 0.3) is 28.0 Å². The number of aromatic nitrogens is 5. The number of hydrogen-bond acceptors (Lipinski definition) is 5. The van der Waals surface area contributed by atoms with Crippen LogP contribution in [0.3, 0.4) is 0 Å². The lowest BCUT2D eigenvalue weighted by Crippen LogP contribution is -2.14. The highest BCUT2D eigenvalue weighted by atomic mass is 16.1. The predicted molar refractivity (Wildman–Crippen MR) is 101 cm³/mol. The van der Waals surface area contributed by atoms with Crippen LogP contribution < -0.4 is 11.3 Å². The molecule has 0 spiro atoms. The zero-order valence-corrected chi connectivity index (χ0v) is 14.7. The molecule has 0 atom stereocenters. The lowest BCUT2D eigenvalue weighted by Gasteiger charge is -2.10. The maximum Gasteiger partial charge on any atom is 0.259 e. The molecule has 4 rings (SSSR count). The van der Waals surface area contributed by atoms with Gasteiger partial charge in [-0.05, 0) is 55.3 Å². The first-order chi connectivity index (χ1) is 13.0. The summed E-state index contributed by atoms with van der Waals surface area (Å²) < 4.78 is 1.58. The molecule has 0 unspecified atom stereocenters. The van der Waals surface area contributed by atoms with Gasteiger partial charge in [-0.2, -0.15) is 0 Å². The van der Waals surface area contributed by atoms with E-state index >= 15 is 0 Å². The number of H-pyrrole nitrogens is 1. The minimum absolute atomic E-state index is 0.287. The number of nitrogens with two attached hydrogens (primary N) is 1. The number of aromatic amines is 1. The number of carbonyl (C=O) groups excluding carboxylic acids is 1. The van der Waals surface area contributed by atoms with Crippen molar-refractivity contribution in [2.45, 2.75) is 13.8 Å². The average Bonchev–Trinajstić information content (AvgIpc) is 3.12. The second-order valence-corrected chi connectivity index (χ2v) is 6.25. The summed E-state index contributed by atoms with van der Waals surface area (Å²) in [6, 6.07) is 8.82. The Bertz CT molecular complexity index is 1250. The molecule has 0 bridgehead atoms. The number of benzene rings is 1. The largest absolute Gasteiger partial charge is 0.366 e. The zero-order valence-electron chi connectivity index (χ0n) is 14.7. The molecule has 1 aromatic carbocycles. The molecule has 3 N–H and O–H groups in total. The van der Waals surface area contributed by atoms with Crippen LogP contribution in [-0.2, 0) is 0 Å². The highest BCUT2D eigenvalue weighted by Gasteiger charge is 2.15. The number of nitrogens with one attached hydrogen (secondary N) is 1. The van der Waals surface area contributed by atoms with Gasteiger partial charge < -0.3 is 10.7 Å². The Hall–Kier alpha value is -3.81. The lowest BCUT2D eigenvalue weighted by molar-refractivity contribution is 0.0999. The number of primary amides is 1. The van der Waals surface area contributed by atoms with Crippen molar-refractivity contribution in [3.63, 3.8) is 0 Å². The molecule has 0 aliphatic heterocycles. The van der Waals surface area contributed by atoms with Gasteiger partial charge in [0.15, 0.2) is 0 Å². The van der Waals surface area contributed by atoms with E-state index < -0.39 is 5.91 Å². The summed E-state index contributed by atoms with van der Waals surface area (Å²) in [4.78, 5) is 30.8. The SMILES string of the molecule is Cc1c(C(N)=O)ccc(-n2cc(-c3cc4cccnc4[nH]c3=O)nn2)c1C. The Morgan fingerprint density at radius 2 is 2.00 bits per heavy atom. The Kier molecular flexibility index (Phi) is 3.80. The molecule has 0 fully saturated rings. The fourth-order valence-electron chi connectivity index (χ4n) is 3.05. The van der Waals surface area contributed by atoms with E-state index in [1.165, 1.54) is 0 Å². The van der Waals surface area contributed by atoms with Crippen molar-refractivity contribution in [1.82, 2.24) is 25.0 Å². The van der Waals surface area contributed by atoms with E-state index in [4.69, 9.17) is 5.73 Å². The molecule has 3 heterocycles. The Morgan fingerprint density at radius 1 is 1.19 bits per heavy atom. The van der Waals surface area contributed by atoms with Crippen LogP contribution in [0.15, 0.2) is 47.5 Å². The molecule has 134 valence electrons. The first-order valence-electron chi connectivity index (χ1n) is 8.27. The second kappa shape index (κ2) is 6.17. The molecular weight excluding hydrogens is 344 g/mol. The predicted octanol–water partition coefficient (Wildman–Crippen LogP) is 1.89. The second-order valence-electron chi connectivity index (χ2n) is 6.25. The molecule has 4 aromatic rings. The fraction of sp³-hybridized carbons (Fsp3) is 0.105. The number of fused-ring (bicyclic) bond motifs is 1. The number of nitrogens with zero attached hydrogens (tertiary/aromatic N) is 4. The first kappa shape index (κ1) is 16.6. The number of amides is 1. The summed E-state index contributed by atoms with van der Waals surface area (Å²) in [6.07, 6.45) is 3.30. The highest BCUT2D eigenvalue weighted by Crippen LogP contribution is 2.22. The van der Waals surface area contributed by atoms with Gasteiger partial charge in [-0.15, -0.1) is 5.10 Å². The van der Waals surface area contributed by atoms with Crippen LogP contribution >= 0.6 is 0 Å². The van der Waals surface area contributed by atoms with Crippen LogP contribution in [0.5, 0.6) is 0 Å². The van der Waals surface area contributed by atoms with Gasteiger partial charge in [0.05, 0.1) is 17.4 Å². The van der Waals surface area contributed by atoms with Crippen molar-refractivity contribution >= 4 is 16.9 Å². The van der Waals surface area contributed by atoms with Crippen molar-refractivity contribution in [3.05, 3.63) is 69.8 Å². The first-order valence-corrected chi connectivity index (χ1v) is 8.27. The zero-order chi connectivity index (χ0) is 19.1. The normalized spacial score (nSPS) is 11.0. The van der Waals surface area contributed by atoms with Gasteiger partial charge in [0.25, 0.3) is 5.56 Å². The summed E-state index contributed by atoms with van der Waals surface area (Å²) in [7, 11) is 0. The summed E-state index contributed by atoms with van der Waals surface area (Å²) in [5.74, 6) is -0.474. The number of pyridine rings is 2. The third-order valence-corrected chi connectivity index (χ3v) is 4.66. The van der Waals surface area contributed by atoms with Gasteiger partial charge in [0.2, 0.25) is 5.91 Å². The van der Waals surface area contributed by atoms with E-state index in [1.54, 1.807) is 41.3 Å². The van der Waals surface area contributed by atoms with Crippen LogP contribution in [0, 0.1) is 13.8 Å². The maximum absolute atomic E-state index is 12.4. The van der Waals surface area contributed by atoms with E-state index in [9.17, 15) is 9.59 Å². The molecule has 0 saturated heterocycles. The summed E-state index contributed by atoms with van der Waals surface area (Å²) in [5.41, 5.74) is 9.35. The maximum atomic E-state index is 12.4. The topological polar surface area (TPSA) is 120 Å². The number of carbonyl (C=O) groups is 1. The van der Waals surface area contributed by atoms with Crippen molar-refractivity contribution in [3.8, 4) is 16.9 Å². The minimum atomic E-state index is -0.474. The molecular formula is C19H16N6O2. The molecule has 0 aliphatic rings. The van der Waals surface area contributed by atoms with Crippen molar-refractivity contribution in [2.24, 2.45) is 5.73 Å². The average molecular weight is 360 g/mol. The van der Waals surface area contributed by atoms with Gasteiger partial charge in [-0.3, -0.25) is 9.59 Å².